The number of hydrogen-bond acceptors (Lipinski definition) is 0. The zero-order chi connectivity index (χ0) is 9.56. The minimum atomic E-state index is 0.786. The van der Waals surface area contributed by atoms with Gasteiger partial charge in [0.25, 0.3) is 0 Å². The van der Waals surface area contributed by atoms with Gasteiger partial charge in [-0.1, -0.05) is 33.8 Å². The van der Waals surface area contributed by atoms with E-state index in [4.69, 9.17) is 0 Å². The topological polar surface area (TPSA) is 0 Å². The second-order valence-corrected chi connectivity index (χ2v) is 4.02. The van der Waals surface area contributed by atoms with Crippen LogP contribution in [-0.4, -0.2) is 0 Å². The van der Waals surface area contributed by atoms with Gasteiger partial charge < -0.3 is 0 Å². The molecule has 0 aromatic carbocycles. The Morgan fingerprint density at radius 3 is 2.33 bits per heavy atom. The summed E-state index contributed by atoms with van der Waals surface area (Å²) in [5.41, 5.74) is 4.25. The summed E-state index contributed by atoms with van der Waals surface area (Å²) in [6.45, 7) is 12.7. The molecule has 0 aliphatic carbocycles. The average molecular weight is 166 g/mol. The zero-order valence-electron chi connectivity index (χ0n) is 8.98. The Morgan fingerprint density at radius 1 is 1.33 bits per heavy atom. The van der Waals surface area contributed by atoms with E-state index in [0.29, 0.717) is 0 Å². The molecule has 12 heavy (non-hydrogen) atoms. The van der Waals surface area contributed by atoms with Gasteiger partial charge in [-0.15, -0.1) is 5.73 Å². The van der Waals surface area contributed by atoms with E-state index in [1.165, 1.54) is 18.4 Å². The van der Waals surface area contributed by atoms with Gasteiger partial charge >= 0.3 is 0 Å². The molecule has 0 spiro atoms. The summed E-state index contributed by atoms with van der Waals surface area (Å²) in [5, 5.41) is 0. The van der Waals surface area contributed by atoms with E-state index in [1.807, 2.05) is 0 Å². The maximum absolute atomic E-state index is 3.65. The Labute approximate surface area is 77.4 Å². The van der Waals surface area contributed by atoms with Gasteiger partial charge in [-0.05, 0) is 37.2 Å². The third-order valence-electron chi connectivity index (χ3n) is 2.46. The number of rotatable bonds is 5. The van der Waals surface area contributed by atoms with Gasteiger partial charge in [0.05, 0.1) is 0 Å². The van der Waals surface area contributed by atoms with Gasteiger partial charge in [0.2, 0.25) is 0 Å². The zero-order valence-corrected chi connectivity index (χ0v) is 8.98. The van der Waals surface area contributed by atoms with E-state index < -0.39 is 0 Å². The summed E-state index contributed by atoms with van der Waals surface area (Å²) in [7, 11) is 0. The first kappa shape index (κ1) is 11.5. The molecule has 0 aromatic rings. The van der Waals surface area contributed by atoms with Gasteiger partial charge in [0.15, 0.2) is 0 Å². The van der Waals surface area contributed by atoms with Crippen molar-refractivity contribution in [2.45, 2.75) is 47.0 Å². The molecule has 0 fully saturated rings. The summed E-state index contributed by atoms with van der Waals surface area (Å²) in [6, 6.07) is 0. The van der Waals surface area contributed by atoms with Crippen molar-refractivity contribution in [3.63, 3.8) is 0 Å². The number of allylic oxidation sites excluding steroid dienone is 1. The summed E-state index contributed by atoms with van der Waals surface area (Å²) < 4.78 is 0. The van der Waals surface area contributed by atoms with Crippen LogP contribution in [0.2, 0.25) is 0 Å². The minimum Gasteiger partial charge on any atom is -0.130 e. The SMILES string of the molecule is C=C=C(C)CC(C)CC(C)CC. The maximum atomic E-state index is 3.65. The first-order chi connectivity index (χ1) is 5.60. The monoisotopic (exact) mass is 166 g/mol. The molecule has 0 saturated heterocycles. The third-order valence-corrected chi connectivity index (χ3v) is 2.46. The van der Waals surface area contributed by atoms with Crippen LogP contribution in [0.1, 0.15) is 47.0 Å². The third kappa shape index (κ3) is 5.21. The molecule has 0 heteroatoms. The van der Waals surface area contributed by atoms with Crippen LogP contribution in [0, 0.1) is 11.8 Å². The van der Waals surface area contributed by atoms with E-state index in [0.717, 1.165) is 18.3 Å². The lowest BCUT2D eigenvalue weighted by Crippen LogP contribution is -2.02. The van der Waals surface area contributed by atoms with Crippen LogP contribution in [-0.2, 0) is 0 Å². The molecule has 0 rings (SSSR count). The average Bonchev–Trinajstić information content (AvgIpc) is 2.03. The van der Waals surface area contributed by atoms with Crippen molar-refractivity contribution >= 4 is 0 Å². The van der Waals surface area contributed by atoms with Crippen molar-refractivity contribution in [2.75, 3.05) is 0 Å². The highest BCUT2D eigenvalue weighted by Crippen LogP contribution is 2.20. The lowest BCUT2D eigenvalue weighted by Gasteiger charge is -2.15. The maximum Gasteiger partial charge on any atom is -0.0221 e. The van der Waals surface area contributed by atoms with Crippen molar-refractivity contribution in [1.29, 1.82) is 0 Å². The van der Waals surface area contributed by atoms with Crippen LogP contribution >= 0.6 is 0 Å². The fraction of sp³-hybridized carbons (Fsp3) is 0.750. The quantitative estimate of drug-likeness (QED) is 0.537. The van der Waals surface area contributed by atoms with Crippen molar-refractivity contribution in [1.82, 2.24) is 0 Å². The molecule has 0 nitrogen and oxygen atoms in total. The molecule has 0 radical (unpaired) electrons. The molecule has 0 aliphatic heterocycles. The molecule has 0 heterocycles. The van der Waals surface area contributed by atoms with Crippen LogP contribution in [0.3, 0.4) is 0 Å². The summed E-state index contributed by atoms with van der Waals surface area (Å²) in [6.07, 6.45) is 3.78. The molecule has 2 unspecified atom stereocenters. The Hall–Kier alpha value is -0.480. The minimum absolute atomic E-state index is 0.786. The standard InChI is InChI=1S/C12H22/c1-6-10(3)8-12(5)9-11(4)7-2/h11-12H,1,7-9H2,2-5H3. The van der Waals surface area contributed by atoms with Crippen LogP contribution in [0.5, 0.6) is 0 Å². The van der Waals surface area contributed by atoms with Crippen LogP contribution in [0.4, 0.5) is 0 Å². The Kier molecular flexibility index (Phi) is 5.84. The molecular weight excluding hydrogens is 144 g/mol. The lowest BCUT2D eigenvalue weighted by atomic mass is 9.91. The molecule has 0 aromatic heterocycles. The van der Waals surface area contributed by atoms with Crippen LogP contribution < -0.4 is 0 Å². The molecule has 70 valence electrons. The second-order valence-electron chi connectivity index (χ2n) is 4.02. The first-order valence-electron chi connectivity index (χ1n) is 4.95. The van der Waals surface area contributed by atoms with Gasteiger partial charge in [-0.25, -0.2) is 0 Å². The lowest BCUT2D eigenvalue weighted by molar-refractivity contribution is 0.403. The summed E-state index contributed by atoms with van der Waals surface area (Å²) in [4.78, 5) is 0. The number of hydrogen-bond donors (Lipinski definition) is 0. The van der Waals surface area contributed by atoms with Gasteiger partial charge in [0.1, 0.15) is 0 Å². The molecule has 0 aliphatic rings. The van der Waals surface area contributed by atoms with Crippen molar-refractivity contribution in [3.8, 4) is 0 Å². The highest BCUT2D eigenvalue weighted by Gasteiger charge is 2.07. The molecular formula is C12H22. The van der Waals surface area contributed by atoms with Crippen LogP contribution in [0.25, 0.3) is 0 Å². The van der Waals surface area contributed by atoms with Crippen molar-refractivity contribution < 1.29 is 0 Å². The highest BCUT2D eigenvalue weighted by atomic mass is 14.1. The Bertz CT molecular complexity index is 161. The van der Waals surface area contributed by atoms with Gasteiger partial charge in [-0.3, -0.25) is 0 Å². The van der Waals surface area contributed by atoms with E-state index in [1.54, 1.807) is 0 Å². The Balaban J connectivity index is 3.73. The van der Waals surface area contributed by atoms with Crippen molar-refractivity contribution in [2.24, 2.45) is 11.8 Å². The van der Waals surface area contributed by atoms with Crippen LogP contribution in [0.15, 0.2) is 17.9 Å². The van der Waals surface area contributed by atoms with Crippen molar-refractivity contribution in [3.05, 3.63) is 17.9 Å². The second kappa shape index (κ2) is 6.08. The van der Waals surface area contributed by atoms with E-state index in [9.17, 15) is 0 Å². The fourth-order valence-electron chi connectivity index (χ4n) is 1.53. The van der Waals surface area contributed by atoms with E-state index in [-0.39, 0.29) is 0 Å². The normalized spacial score (nSPS) is 15.0. The summed E-state index contributed by atoms with van der Waals surface area (Å²) >= 11 is 0. The molecule has 0 saturated carbocycles. The highest BCUT2D eigenvalue weighted by molar-refractivity contribution is 4.95. The first-order valence-corrected chi connectivity index (χ1v) is 4.95. The van der Waals surface area contributed by atoms with Gasteiger partial charge in [-0.2, -0.15) is 0 Å². The van der Waals surface area contributed by atoms with E-state index >= 15 is 0 Å². The molecule has 2 atom stereocenters. The van der Waals surface area contributed by atoms with Gasteiger partial charge in [0, 0.05) is 0 Å². The predicted molar refractivity (Wildman–Crippen MR) is 56.2 cm³/mol. The van der Waals surface area contributed by atoms with E-state index in [2.05, 4.69) is 40.0 Å². The predicted octanol–water partition coefficient (Wildman–Crippen LogP) is 4.18. The largest absolute Gasteiger partial charge is 0.130 e. The molecule has 0 amide bonds. The fourth-order valence-corrected chi connectivity index (χ4v) is 1.53. The molecule has 0 N–H and O–H groups in total. The Morgan fingerprint density at radius 2 is 1.92 bits per heavy atom. The smallest absolute Gasteiger partial charge is 0.0221 e. The summed E-state index contributed by atoms with van der Waals surface area (Å²) in [5.74, 6) is 1.65. The molecule has 0 bridgehead atoms.